The van der Waals surface area contributed by atoms with Crippen molar-refractivity contribution in [2.75, 3.05) is 21.3 Å². The summed E-state index contributed by atoms with van der Waals surface area (Å²) in [7, 11) is 4.53. The van der Waals surface area contributed by atoms with Crippen molar-refractivity contribution >= 4 is 35.2 Å². The van der Waals surface area contributed by atoms with E-state index in [0.29, 0.717) is 22.8 Å². The van der Waals surface area contributed by atoms with Gasteiger partial charge in [0.15, 0.2) is 5.75 Å². The van der Waals surface area contributed by atoms with Gasteiger partial charge in [0.05, 0.1) is 31.4 Å². The second-order valence-electron chi connectivity index (χ2n) is 5.55. The molecule has 28 heavy (non-hydrogen) atoms. The van der Waals surface area contributed by atoms with Gasteiger partial charge in [-0.25, -0.2) is 0 Å². The molecule has 0 unspecified atom stereocenters. The molecule has 1 amide bonds. The van der Waals surface area contributed by atoms with Crippen LogP contribution < -0.4 is 19.5 Å². The number of benzene rings is 2. The van der Waals surface area contributed by atoms with Gasteiger partial charge in [0.25, 0.3) is 5.91 Å². The quantitative estimate of drug-likeness (QED) is 0.534. The van der Waals surface area contributed by atoms with Gasteiger partial charge in [-0.2, -0.15) is 5.26 Å². The van der Waals surface area contributed by atoms with Gasteiger partial charge in [-0.05, 0) is 35.9 Å². The summed E-state index contributed by atoms with van der Waals surface area (Å²) >= 11 is 12.2. The fraction of sp³-hybridized carbons (Fsp3) is 0.200. The van der Waals surface area contributed by atoms with Gasteiger partial charge in [0.2, 0.25) is 0 Å². The molecule has 2 aromatic rings. The maximum absolute atomic E-state index is 12.4. The molecule has 0 spiro atoms. The van der Waals surface area contributed by atoms with Crippen LogP contribution in [0.1, 0.15) is 11.1 Å². The number of hydrogen-bond donors (Lipinski definition) is 1. The fourth-order valence-corrected chi connectivity index (χ4v) is 3.10. The van der Waals surface area contributed by atoms with Crippen LogP contribution in [0.3, 0.4) is 0 Å². The van der Waals surface area contributed by atoms with E-state index in [9.17, 15) is 10.1 Å². The predicted molar refractivity (Wildman–Crippen MR) is 108 cm³/mol. The van der Waals surface area contributed by atoms with Gasteiger partial charge in [0, 0.05) is 18.2 Å². The van der Waals surface area contributed by atoms with Crippen LogP contribution in [0.25, 0.3) is 6.08 Å². The summed E-state index contributed by atoms with van der Waals surface area (Å²) in [5, 5.41) is 12.6. The van der Waals surface area contributed by atoms with Gasteiger partial charge in [-0.15, -0.1) is 0 Å². The Balaban J connectivity index is 2.19. The lowest BCUT2D eigenvalue weighted by atomic mass is 10.1. The Labute approximate surface area is 173 Å². The average molecular weight is 421 g/mol. The number of rotatable bonds is 7. The van der Waals surface area contributed by atoms with Crippen LogP contribution >= 0.6 is 23.2 Å². The van der Waals surface area contributed by atoms with Crippen molar-refractivity contribution in [3.05, 3.63) is 57.1 Å². The van der Waals surface area contributed by atoms with E-state index in [2.05, 4.69) is 5.32 Å². The maximum Gasteiger partial charge on any atom is 0.262 e. The van der Waals surface area contributed by atoms with Crippen molar-refractivity contribution in [3.63, 3.8) is 0 Å². The van der Waals surface area contributed by atoms with Crippen LogP contribution in [-0.2, 0) is 11.3 Å². The number of nitriles is 1. The molecule has 0 radical (unpaired) electrons. The van der Waals surface area contributed by atoms with Crippen molar-refractivity contribution in [1.29, 1.82) is 5.26 Å². The van der Waals surface area contributed by atoms with E-state index in [1.54, 1.807) is 37.4 Å². The minimum absolute atomic E-state index is 0.0928. The minimum atomic E-state index is -0.538. The number of carbonyl (C=O) groups excluding carboxylic acids is 1. The van der Waals surface area contributed by atoms with Gasteiger partial charge < -0.3 is 19.5 Å². The largest absolute Gasteiger partial charge is 0.497 e. The van der Waals surface area contributed by atoms with E-state index in [4.69, 9.17) is 37.4 Å². The molecule has 2 aromatic carbocycles. The molecule has 146 valence electrons. The number of amides is 1. The first kappa shape index (κ1) is 21.4. The summed E-state index contributed by atoms with van der Waals surface area (Å²) in [5.41, 5.74) is 1.15. The topological polar surface area (TPSA) is 80.6 Å². The van der Waals surface area contributed by atoms with Crippen LogP contribution in [-0.4, -0.2) is 27.2 Å². The number of nitrogens with one attached hydrogen (secondary N) is 1. The molecule has 2 rings (SSSR count). The molecule has 0 aliphatic carbocycles. The SMILES string of the molecule is COc1ccc(CNC(=O)/C(C#N)=C/c2cc(Cl)c(OC)c(Cl)c2)c(OC)c1. The number of nitrogens with zero attached hydrogens (tertiary/aromatic N) is 1. The highest BCUT2D eigenvalue weighted by molar-refractivity contribution is 6.37. The lowest BCUT2D eigenvalue weighted by molar-refractivity contribution is -0.117. The van der Waals surface area contributed by atoms with Crippen molar-refractivity contribution in [2.45, 2.75) is 6.54 Å². The average Bonchev–Trinajstić information content (AvgIpc) is 2.69. The van der Waals surface area contributed by atoms with E-state index >= 15 is 0 Å². The van der Waals surface area contributed by atoms with Crippen LogP contribution in [0.2, 0.25) is 10.0 Å². The third-order valence-electron chi connectivity index (χ3n) is 3.83. The molecular weight excluding hydrogens is 403 g/mol. The zero-order valence-corrected chi connectivity index (χ0v) is 17.0. The van der Waals surface area contributed by atoms with E-state index in [-0.39, 0.29) is 22.2 Å². The number of carbonyl (C=O) groups is 1. The minimum Gasteiger partial charge on any atom is -0.497 e. The van der Waals surface area contributed by atoms with Gasteiger partial charge in [-0.1, -0.05) is 23.2 Å². The first-order valence-electron chi connectivity index (χ1n) is 8.07. The predicted octanol–water partition coefficient (Wildman–Crippen LogP) is 4.24. The van der Waals surface area contributed by atoms with Crippen molar-refractivity contribution in [2.24, 2.45) is 0 Å². The van der Waals surface area contributed by atoms with E-state index < -0.39 is 5.91 Å². The van der Waals surface area contributed by atoms with Crippen LogP contribution in [0.15, 0.2) is 35.9 Å². The first-order valence-corrected chi connectivity index (χ1v) is 8.83. The molecule has 0 bridgehead atoms. The van der Waals surface area contributed by atoms with Crippen molar-refractivity contribution in [1.82, 2.24) is 5.32 Å². The Kier molecular flexibility index (Phi) is 7.56. The number of ether oxygens (including phenoxy) is 3. The molecule has 1 N–H and O–H groups in total. The normalized spacial score (nSPS) is 10.8. The summed E-state index contributed by atoms with van der Waals surface area (Å²) in [4.78, 5) is 12.4. The Bertz CT molecular complexity index is 929. The van der Waals surface area contributed by atoms with E-state index in [0.717, 1.165) is 5.56 Å². The Morgan fingerprint density at radius 3 is 2.32 bits per heavy atom. The summed E-state index contributed by atoms with van der Waals surface area (Å²) in [6.07, 6.45) is 1.40. The van der Waals surface area contributed by atoms with Crippen LogP contribution in [0, 0.1) is 11.3 Å². The zero-order chi connectivity index (χ0) is 20.7. The highest BCUT2D eigenvalue weighted by Crippen LogP contribution is 2.34. The highest BCUT2D eigenvalue weighted by Gasteiger charge is 2.13. The molecule has 0 heterocycles. The Morgan fingerprint density at radius 2 is 1.79 bits per heavy atom. The summed E-state index contributed by atoms with van der Waals surface area (Å²) in [6.45, 7) is 0.176. The molecular formula is C20H18Cl2N2O4. The lowest BCUT2D eigenvalue weighted by Crippen LogP contribution is -2.24. The molecule has 8 heteroatoms. The molecule has 0 saturated heterocycles. The maximum atomic E-state index is 12.4. The van der Waals surface area contributed by atoms with E-state index in [1.807, 2.05) is 6.07 Å². The molecule has 0 aromatic heterocycles. The van der Waals surface area contributed by atoms with E-state index in [1.165, 1.54) is 20.3 Å². The number of halogens is 2. The standard InChI is InChI=1S/C20H18Cl2N2O4/c1-26-15-5-4-13(18(9-15)27-2)11-24-20(25)14(10-23)6-12-7-16(21)19(28-3)17(22)8-12/h4-9H,11H2,1-3H3,(H,24,25)/b14-6+. The van der Waals surface area contributed by atoms with Gasteiger partial charge >= 0.3 is 0 Å². The fourth-order valence-electron chi connectivity index (χ4n) is 2.44. The smallest absolute Gasteiger partial charge is 0.262 e. The van der Waals surface area contributed by atoms with Crippen molar-refractivity contribution < 1.29 is 19.0 Å². The first-order chi connectivity index (χ1) is 13.4. The third kappa shape index (κ3) is 5.10. The third-order valence-corrected chi connectivity index (χ3v) is 4.40. The zero-order valence-electron chi connectivity index (χ0n) is 15.5. The number of hydrogen-bond acceptors (Lipinski definition) is 5. The van der Waals surface area contributed by atoms with Crippen LogP contribution in [0.4, 0.5) is 0 Å². The molecule has 0 saturated carbocycles. The monoisotopic (exact) mass is 420 g/mol. The van der Waals surface area contributed by atoms with Gasteiger partial charge in [-0.3, -0.25) is 4.79 Å². The Hall–Kier alpha value is -2.88. The van der Waals surface area contributed by atoms with Crippen molar-refractivity contribution in [3.8, 4) is 23.3 Å². The second-order valence-corrected chi connectivity index (χ2v) is 6.36. The molecule has 0 aliphatic heterocycles. The number of methoxy groups -OCH3 is 3. The lowest BCUT2D eigenvalue weighted by Gasteiger charge is -2.11. The molecule has 0 atom stereocenters. The van der Waals surface area contributed by atoms with Crippen LogP contribution in [0.5, 0.6) is 17.2 Å². The molecule has 6 nitrogen and oxygen atoms in total. The molecule has 0 fully saturated rings. The second kappa shape index (κ2) is 9.88. The summed E-state index contributed by atoms with van der Waals surface area (Å²) in [6, 6.07) is 10.2. The van der Waals surface area contributed by atoms with Gasteiger partial charge in [0.1, 0.15) is 23.1 Å². The highest BCUT2D eigenvalue weighted by atomic mass is 35.5. The Morgan fingerprint density at radius 1 is 1.11 bits per heavy atom. The summed E-state index contributed by atoms with van der Waals surface area (Å²) < 4.78 is 15.5. The summed E-state index contributed by atoms with van der Waals surface area (Å²) in [5.74, 6) is 0.993. The molecule has 0 aliphatic rings.